The van der Waals surface area contributed by atoms with Crippen molar-refractivity contribution < 1.29 is 45.8 Å². The molecule has 10 nitrogen and oxygen atoms in total. The molecule has 0 radical (unpaired) electrons. The summed E-state index contributed by atoms with van der Waals surface area (Å²) in [5, 5.41) is 13.6. The maximum atomic E-state index is 13.6. The first-order valence-corrected chi connectivity index (χ1v) is 16.0. The van der Waals surface area contributed by atoms with E-state index in [0.717, 1.165) is 25.7 Å². The number of alkyl halides is 6. The second-order valence-electron chi connectivity index (χ2n) is 12.9. The van der Waals surface area contributed by atoms with Gasteiger partial charge in [0.2, 0.25) is 0 Å². The van der Waals surface area contributed by atoms with Gasteiger partial charge in [0.15, 0.2) is 5.82 Å². The quantitative estimate of drug-likeness (QED) is 0.218. The zero-order chi connectivity index (χ0) is 35.8. The summed E-state index contributed by atoms with van der Waals surface area (Å²) in [6, 6.07) is 0.229. The van der Waals surface area contributed by atoms with Gasteiger partial charge in [0.1, 0.15) is 11.8 Å². The molecule has 0 bridgehead atoms. The smallest absolute Gasteiger partial charge is 0.416 e. The maximum Gasteiger partial charge on any atom is 0.416 e. The van der Waals surface area contributed by atoms with Crippen molar-refractivity contribution in [2.45, 2.75) is 83.9 Å². The van der Waals surface area contributed by atoms with Gasteiger partial charge in [-0.25, -0.2) is 14.8 Å². The van der Waals surface area contributed by atoms with Gasteiger partial charge in [-0.3, -0.25) is 14.4 Å². The molecule has 1 saturated carbocycles. The van der Waals surface area contributed by atoms with Crippen molar-refractivity contribution in [2.75, 3.05) is 18.0 Å². The number of nitrogens with zero attached hydrogens (tertiary/aromatic N) is 6. The van der Waals surface area contributed by atoms with Crippen LogP contribution >= 0.6 is 0 Å². The van der Waals surface area contributed by atoms with Crippen LogP contribution in [-0.4, -0.2) is 60.9 Å². The van der Waals surface area contributed by atoms with E-state index in [4.69, 9.17) is 14.7 Å². The van der Waals surface area contributed by atoms with Crippen LogP contribution in [0.1, 0.15) is 80.1 Å². The first-order valence-electron chi connectivity index (χ1n) is 16.0. The van der Waals surface area contributed by atoms with Gasteiger partial charge >= 0.3 is 24.4 Å². The Bertz CT molecular complexity index is 1650. The molecule has 5 rings (SSSR count). The molecule has 1 aliphatic carbocycles. The highest BCUT2D eigenvalue weighted by molar-refractivity contribution is 5.72. The molecule has 2 fully saturated rings. The fraction of sp³-hybridized carbons (Fsp3) is 0.545. The minimum absolute atomic E-state index is 0.0362. The van der Waals surface area contributed by atoms with Crippen LogP contribution in [0.3, 0.4) is 0 Å². The number of ether oxygens (including phenoxy) is 1. The van der Waals surface area contributed by atoms with E-state index in [0.29, 0.717) is 53.7 Å². The number of rotatable bonds is 10. The second kappa shape index (κ2) is 13.9. The van der Waals surface area contributed by atoms with Gasteiger partial charge < -0.3 is 14.7 Å². The number of carboxylic acid groups (broad SMARTS) is 1. The maximum absolute atomic E-state index is 13.6. The number of aryl methyl sites for hydroxylation is 2. The highest BCUT2D eigenvalue weighted by atomic mass is 19.4. The van der Waals surface area contributed by atoms with Gasteiger partial charge in [-0.15, -0.1) is 0 Å². The Hall–Kier alpha value is -4.37. The lowest BCUT2D eigenvalue weighted by Crippen LogP contribution is -2.36. The second-order valence-corrected chi connectivity index (χ2v) is 12.9. The highest BCUT2D eigenvalue weighted by Crippen LogP contribution is 2.41. The number of carbonyl (C=O) groups is 2. The fourth-order valence-electron chi connectivity index (χ4n) is 6.78. The van der Waals surface area contributed by atoms with E-state index < -0.39 is 53.3 Å². The number of aromatic nitrogens is 4. The number of hydrogen-bond donors (Lipinski definition) is 1. The minimum Gasteiger partial charge on any atom is -0.481 e. The summed E-state index contributed by atoms with van der Waals surface area (Å²) < 4.78 is 88.8. The fourth-order valence-corrected chi connectivity index (χ4v) is 6.78. The number of carboxylic acids is 1. The molecule has 49 heavy (non-hydrogen) atoms. The van der Waals surface area contributed by atoms with Gasteiger partial charge in [0.05, 0.1) is 41.3 Å². The summed E-state index contributed by atoms with van der Waals surface area (Å²) in [6.07, 6.45) is -5.71. The van der Waals surface area contributed by atoms with Crippen LogP contribution in [0.5, 0.6) is 0 Å². The van der Waals surface area contributed by atoms with Gasteiger partial charge in [-0.05, 0) is 82.1 Å². The van der Waals surface area contributed by atoms with Crippen LogP contribution in [-0.2, 0) is 35.5 Å². The molecule has 1 amide bonds. The van der Waals surface area contributed by atoms with Crippen LogP contribution in [0, 0.1) is 18.8 Å². The Balaban J connectivity index is 1.46. The average molecular weight is 697 g/mol. The van der Waals surface area contributed by atoms with E-state index in [1.165, 1.54) is 11.8 Å². The van der Waals surface area contributed by atoms with E-state index in [2.05, 4.69) is 5.10 Å². The monoisotopic (exact) mass is 696 g/mol. The summed E-state index contributed by atoms with van der Waals surface area (Å²) in [4.78, 5) is 37.4. The third-order valence-corrected chi connectivity index (χ3v) is 9.35. The minimum atomic E-state index is -5.06. The third-order valence-electron chi connectivity index (χ3n) is 9.35. The first kappa shape index (κ1) is 35.9. The summed E-state index contributed by atoms with van der Waals surface area (Å²) in [7, 11) is 1.75. The molecule has 16 heteroatoms. The first-order chi connectivity index (χ1) is 22.9. The van der Waals surface area contributed by atoms with Crippen molar-refractivity contribution in [3.63, 3.8) is 0 Å². The van der Waals surface area contributed by atoms with Crippen molar-refractivity contribution >= 4 is 17.9 Å². The van der Waals surface area contributed by atoms with Gasteiger partial charge in [0.25, 0.3) is 0 Å². The predicted molar refractivity (Wildman–Crippen MR) is 165 cm³/mol. The van der Waals surface area contributed by atoms with E-state index in [1.807, 2.05) is 11.8 Å². The number of cyclic esters (lactones) is 1. The Morgan fingerprint density at radius 2 is 1.65 bits per heavy atom. The molecule has 3 aromatic rings. The van der Waals surface area contributed by atoms with Crippen molar-refractivity contribution in [3.8, 4) is 11.3 Å². The Morgan fingerprint density at radius 1 is 1.04 bits per heavy atom. The number of amides is 1. The molecular formula is C33H38F6N6O4. The number of benzene rings is 1. The summed E-state index contributed by atoms with van der Waals surface area (Å²) in [6.45, 7) is 6.18. The number of anilines is 1. The van der Waals surface area contributed by atoms with Crippen molar-refractivity contribution in [3.05, 3.63) is 58.7 Å². The van der Waals surface area contributed by atoms with E-state index in [-0.39, 0.29) is 30.9 Å². The van der Waals surface area contributed by atoms with Crippen molar-refractivity contribution in [1.29, 1.82) is 0 Å². The Morgan fingerprint density at radius 3 is 2.18 bits per heavy atom. The number of aliphatic carboxylic acids is 1. The molecule has 266 valence electrons. The lowest BCUT2D eigenvalue weighted by Gasteiger charge is -2.33. The lowest BCUT2D eigenvalue weighted by molar-refractivity contribution is -0.143. The predicted octanol–water partition coefficient (Wildman–Crippen LogP) is 7.41. The molecule has 2 atom stereocenters. The van der Waals surface area contributed by atoms with E-state index >= 15 is 0 Å². The molecule has 1 aliphatic heterocycles. The SMILES string of the molecule is CCN(C[C@H]1CC[C@H](CC(=O)O)CC1)c1ncc(-c2cn(C)nc2C)nc1CN1C(=O)OC(c2cc(C(F)(F)F)cc(C(F)(F)F)c2)[C@@H]1C. The van der Waals surface area contributed by atoms with Crippen molar-refractivity contribution in [2.24, 2.45) is 18.9 Å². The third kappa shape index (κ3) is 8.10. The summed E-state index contributed by atoms with van der Waals surface area (Å²) >= 11 is 0. The van der Waals surface area contributed by atoms with Crippen LogP contribution in [0.2, 0.25) is 0 Å². The molecule has 3 heterocycles. The van der Waals surface area contributed by atoms with Gasteiger partial charge in [0, 0.05) is 38.3 Å². The molecule has 1 N–H and O–H groups in total. The van der Waals surface area contributed by atoms with Crippen LogP contribution in [0.4, 0.5) is 37.0 Å². The molecule has 2 aliphatic rings. The van der Waals surface area contributed by atoms with E-state index in [1.54, 1.807) is 31.0 Å². The lowest BCUT2D eigenvalue weighted by atomic mass is 9.80. The summed E-state index contributed by atoms with van der Waals surface area (Å²) in [5.41, 5.74) is -1.21. The zero-order valence-electron chi connectivity index (χ0n) is 27.5. The topological polar surface area (TPSA) is 114 Å². The Kier molecular flexibility index (Phi) is 10.2. The van der Waals surface area contributed by atoms with Gasteiger partial charge in [-0.1, -0.05) is 0 Å². The standard InChI is InChI=1S/C33H38F6N6O4/c1-5-44(15-21-8-6-20(7-9-21)10-28(46)47)30-27(41-26(14-40-30)25-16-43(4)42-18(25)2)17-45-19(3)29(49-31(45)48)22-11-23(32(34,35)36)13-24(12-22)33(37,38)39/h11-14,16,19-21,29H,5-10,15,17H2,1-4H3,(H,46,47)/t19-,20-,21-,29?/m0/s1. The van der Waals surface area contributed by atoms with Crippen LogP contribution < -0.4 is 4.90 Å². The summed E-state index contributed by atoms with van der Waals surface area (Å²) in [5.74, 6) is 0.0418. The number of carbonyl (C=O) groups excluding carboxylic acids is 1. The van der Waals surface area contributed by atoms with E-state index in [9.17, 15) is 41.0 Å². The van der Waals surface area contributed by atoms with Crippen LogP contribution in [0.15, 0.2) is 30.6 Å². The molecule has 0 spiro atoms. The van der Waals surface area contributed by atoms with Gasteiger partial charge in [-0.2, -0.15) is 31.4 Å². The molecule has 1 saturated heterocycles. The number of halogens is 6. The zero-order valence-corrected chi connectivity index (χ0v) is 27.5. The normalized spacial score (nSPS) is 21.6. The molecular weight excluding hydrogens is 658 g/mol. The highest BCUT2D eigenvalue weighted by Gasteiger charge is 2.44. The largest absolute Gasteiger partial charge is 0.481 e. The molecule has 2 aromatic heterocycles. The Labute approximate surface area is 279 Å². The molecule has 1 aromatic carbocycles. The molecule has 1 unspecified atom stereocenters. The van der Waals surface area contributed by atoms with Crippen molar-refractivity contribution in [1.82, 2.24) is 24.6 Å². The number of hydrogen-bond acceptors (Lipinski definition) is 7. The average Bonchev–Trinajstić information content (AvgIpc) is 3.51. The van der Waals surface area contributed by atoms with Crippen LogP contribution in [0.25, 0.3) is 11.3 Å².